The van der Waals surface area contributed by atoms with Crippen molar-refractivity contribution in [1.29, 1.82) is 0 Å². The second kappa shape index (κ2) is 6.65. The van der Waals surface area contributed by atoms with Gasteiger partial charge in [-0.05, 0) is 61.8 Å². The molecule has 2 aliphatic rings. The molecule has 148 valence electrons. The molecule has 1 amide bonds. The summed E-state index contributed by atoms with van der Waals surface area (Å²) in [6.07, 6.45) is 0.249. The monoisotopic (exact) mass is 393 g/mol. The number of carbonyl (C=O) groups excluding carboxylic acids is 1. The lowest BCUT2D eigenvalue weighted by Crippen LogP contribution is -2.38. The Kier molecular flexibility index (Phi) is 4.40. The van der Waals surface area contributed by atoms with E-state index in [1.165, 1.54) is 24.3 Å². The molecule has 0 radical (unpaired) electrons. The first-order valence-electron chi connectivity index (χ1n) is 9.05. The summed E-state index contributed by atoms with van der Waals surface area (Å²) >= 11 is 0. The maximum Gasteiger partial charge on any atom is 0.434 e. The first-order chi connectivity index (χ1) is 13.3. The number of carbonyl (C=O) groups is 2. The van der Waals surface area contributed by atoms with Crippen LogP contribution < -0.4 is 5.32 Å². The molecule has 0 unspecified atom stereocenters. The molecule has 0 aliphatic heterocycles. The van der Waals surface area contributed by atoms with Gasteiger partial charge in [0.15, 0.2) is 5.69 Å². The molecule has 0 atom stereocenters. The predicted molar refractivity (Wildman–Crippen MR) is 92.2 cm³/mol. The number of benzene rings is 1. The quantitative estimate of drug-likeness (QED) is 0.787. The molecule has 6 nitrogen and oxygen atoms in total. The van der Waals surface area contributed by atoms with E-state index >= 15 is 0 Å². The third-order valence-electron chi connectivity index (χ3n) is 5.20. The number of aromatic carboxylic acids is 1. The van der Waals surface area contributed by atoms with Crippen molar-refractivity contribution in [2.24, 2.45) is 11.8 Å². The standard InChI is InChI=1S/C19H18F3N3O3/c20-19(21,22)16-14(18(27)28)9-23-25(16)13-7-5-12(6-8-13)17(26)24-15(10-1-2-10)11-3-4-11/h5-11,15H,1-4H2,(H,24,26)(H,27,28). The predicted octanol–water partition coefficient (Wildman–Crippen LogP) is 3.51. The highest BCUT2D eigenvalue weighted by Gasteiger charge is 2.42. The van der Waals surface area contributed by atoms with E-state index in [9.17, 15) is 22.8 Å². The number of carboxylic acids is 1. The van der Waals surface area contributed by atoms with Gasteiger partial charge in [0.05, 0.1) is 11.9 Å². The van der Waals surface area contributed by atoms with Gasteiger partial charge in [-0.1, -0.05) is 0 Å². The number of nitrogens with one attached hydrogen (secondary N) is 1. The number of halogens is 3. The van der Waals surface area contributed by atoms with Crippen LogP contribution >= 0.6 is 0 Å². The minimum Gasteiger partial charge on any atom is -0.478 e. The number of amides is 1. The molecule has 2 N–H and O–H groups in total. The fourth-order valence-electron chi connectivity index (χ4n) is 3.49. The van der Waals surface area contributed by atoms with E-state index in [4.69, 9.17) is 5.11 Å². The van der Waals surface area contributed by atoms with Gasteiger partial charge in [0.1, 0.15) is 5.56 Å². The summed E-state index contributed by atoms with van der Waals surface area (Å²) in [6, 6.07) is 5.67. The zero-order valence-electron chi connectivity index (χ0n) is 14.7. The lowest BCUT2D eigenvalue weighted by Gasteiger charge is -2.18. The molecular formula is C19H18F3N3O3. The minimum atomic E-state index is -4.89. The first-order valence-corrected chi connectivity index (χ1v) is 9.05. The fourth-order valence-corrected chi connectivity index (χ4v) is 3.49. The van der Waals surface area contributed by atoms with Crippen LogP contribution in [0.5, 0.6) is 0 Å². The van der Waals surface area contributed by atoms with Crippen LogP contribution in [0, 0.1) is 11.8 Å². The van der Waals surface area contributed by atoms with Crippen molar-refractivity contribution in [3.63, 3.8) is 0 Å². The van der Waals surface area contributed by atoms with Gasteiger partial charge in [0, 0.05) is 11.6 Å². The smallest absolute Gasteiger partial charge is 0.434 e. The van der Waals surface area contributed by atoms with E-state index in [2.05, 4.69) is 10.4 Å². The summed E-state index contributed by atoms with van der Waals surface area (Å²) in [5.74, 6) is -0.897. The Morgan fingerprint density at radius 2 is 1.68 bits per heavy atom. The van der Waals surface area contributed by atoms with Crippen LogP contribution in [-0.2, 0) is 6.18 Å². The van der Waals surface area contributed by atoms with Gasteiger partial charge in [-0.2, -0.15) is 18.3 Å². The number of carboxylic acid groups (broad SMARTS) is 1. The van der Waals surface area contributed by atoms with E-state index < -0.39 is 23.4 Å². The Morgan fingerprint density at radius 3 is 2.14 bits per heavy atom. The molecule has 2 aromatic rings. The topological polar surface area (TPSA) is 84.2 Å². The number of rotatable bonds is 6. The lowest BCUT2D eigenvalue weighted by atomic mass is 10.1. The van der Waals surface area contributed by atoms with Gasteiger partial charge in [-0.15, -0.1) is 0 Å². The molecule has 0 spiro atoms. The largest absolute Gasteiger partial charge is 0.478 e. The Bertz CT molecular complexity index is 901. The Hall–Kier alpha value is -2.84. The van der Waals surface area contributed by atoms with Gasteiger partial charge < -0.3 is 10.4 Å². The molecule has 1 aromatic carbocycles. The van der Waals surface area contributed by atoms with Crippen LogP contribution in [0.4, 0.5) is 13.2 Å². The number of nitrogens with zero attached hydrogens (tertiary/aromatic N) is 2. The molecule has 2 aliphatic carbocycles. The maximum atomic E-state index is 13.3. The number of hydrogen-bond acceptors (Lipinski definition) is 3. The highest BCUT2D eigenvalue weighted by molar-refractivity contribution is 5.94. The van der Waals surface area contributed by atoms with Crippen molar-refractivity contribution < 1.29 is 27.9 Å². The summed E-state index contributed by atoms with van der Waals surface area (Å²) in [5.41, 5.74) is -1.92. The number of hydrogen-bond donors (Lipinski definition) is 2. The molecule has 9 heteroatoms. The fraction of sp³-hybridized carbons (Fsp3) is 0.421. The maximum absolute atomic E-state index is 13.3. The van der Waals surface area contributed by atoms with Crippen molar-refractivity contribution in [3.8, 4) is 5.69 Å². The third-order valence-corrected chi connectivity index (χ3v) is 5.20. The third kappa shape index (κ3) is 3.61. The molecule has 2 saturated carbocycles. The Balaban J connectivity index is 1.56. The summed E-state index contributed by atoms with van der Waals surface area (Å²) in [4.78, 5) is 23.6. The summed E-state index contributed by atoms with van der Waals surface area (Å²) in [6.45, 7) is 0. The molecule has 4 rings (SSSR count). The molecule has 1 heterocycles. The number of aromatic nitrogens is 2. The zero-order chi connectivity index (χ0) is 20.1. The summed E-state index contributed by atoms with van der Waals surface area (Å²) in [5, 5.41) is 15.6. The van der Waals surface area contributed by atoms with Crippen LogP contribution in [0.15, 0.2) is 30.5 Å². The van der Waals surface area contributed by atoms with Crippen molar-refractivity contribution in [2.45, 2.75) is 37.9 Å². The van der Waals surface area contributed by atoms with E-state index in [-0.39, 0.29) is 17.6 Å². The van der Waals surface area contributed by atoms with Crippen LogP contribution in [-0.4, -0.2) is 32.8 Å². The summed E-state index contributed by atoms with van der Waals surface area (Å²) in [7, 11) is 0. The molecule has 0 saturated heterocycles. The zero-order valence-corrected chi connectivity index (χ0v) is 14.7. The number of alkyl halides is 3. The van der Waals surface area contributed by atoms with E-state index in [0.29, 0.717) is 28.3 Å². The van der Waals surface area contributed by atoms with Gasteiger partial charge in [-0.25, -0.2) is 9.48 Å². The van der Waals surface area contributed by atoms with Crippen LogP contribution in [0.1, 0.15) is 52.1 Å². The van der Waals surface area contributed by atoms with Gasteiger partial charge in [0.2, 0.25) is 0 Å². The molecular weight excluding hydrogens is 375 g/mol. The van der Waals surface area contributed by atoms with Gasteiger partial charge in [-0.3, -0.25) is 4.79 Å². The highest BCUT2D eigenvalue weighted by Crippen LogP contribution is 2.44. The van der Waals surface area contributed by atoms with E-state index in [0.717, 1.165) is 25.7 Å². The first kappa shape index (κ1) is 18.5. The second-order valence-corrected chi connectivity index (χ2v) is 7.34. The Morgan fingerprint density at radius 1 is 1.11 bits per heavy atom. The minimum absolute atomic E-state index is 0.0253. The lowest BCUT2D eigenvalue weighted by molar-refractivity contribution is -0.143. The van der Waals surface area contributed by atoms with Gasteiger partial charge >= 0.3 is 12.1 Å². The van der Waals surface area contributed by atoms with Gasteiger partial charge in [0.25, 0.3) is 5.91 Å². The van der Waals surface area contributed by atoms with Crippen LogP contribution in [0.2, 0.25) is 0 Å². The Labute approximate surface area is 158 Å². The van der Waals surface area contributed by atoms with Crippen LogP contribution in [0.3, 0.4) is 0 Å². The SMILES string of the molecule is O=C(NC(C1CC1)C1CC1)c1ccc(-n2ncc(C(=O)O)c2C(F)(F)F)cc1. The van der Waals surface area contributed by atoms with Crippen molar-refractivity contribution in [1.82, 2.24) is 15.1 Å². The second-order valence-electron chi connectivity index (χ2n) is 7.34. The van der Waals surface area contributed by atoms with Crippen LogP contribution in [0.25, 0.3) is 5.69 Å². The normalized spacial score (nSPS) is 17.0. The molecule has 2 fully saturated rings. The van der Waals surface area contributed by atoms with E-state index in [1.807, 2.05) is 0 Å². The van der Waals surface area contributed by atoms with Crippen molar-refractivity contribution in [2.75, 3.05) is 0 Å². The molecule has 1 aromatic heterocycles. The summed E-state index contributed by atoms with van der Waals surface area (Å²) < 4.78 is 40.5. The van der Waals surface area contributed by atoms with Crippen molar-refractivity contribution >= 4 is 11.9 Å². The van der Waals surface area contributed by atoms with E-state index in [1.54, 1.807) is 0 Å². The highest BCUT2D eigenvalue weighted by atomic mass is 19.4. The van der Waals surface area contributed by atoms with Crippen molar-refractivity contribution in [3.05, 3.63) is 47.3 Å². The molecule has 0 bridgehead atoms. The average molecular weight is 393 g/mol. The molecule has 28 heavy (non-hydrogen) atoms. The average Bonchev–Trinajstić information content (AvgIpc) is 3.56.